The molecule has 0 saturated carbocycles. The van der Waals surface area contributed by atoms with Gasteiger partial charge in [-0.3, -0.25) is 9.20 Å². The lowest BCUT2D eigenvalue weighted by atomic mass is 10.1. The van der Waals surface area contributed by atoms with Gasteiger partial charge in [0.15, 0.2) is 0 Å². The van der Waals surface area contributed by atoms with Crippen molar-refractivity contribution in [1.29, 1.82) is 0 Å². The first-order valence-corrected chi connectivity index (χ1v) is 10.2. The maximum atomic E-state index is 13.1. The molecule has 0 saturated heterocycles. The molecule has 0 fully saturated rings. The van der Waals surface area contributed by atoms with Gasteiger partial charge in [0.2, 0.25) is 5.78 Å². The molecule has 0 spiro atoms. The molecule has 5 rings (SSSR count). The number of fused-ring (bicyclic) bond motifs is 1. The second-order valence-corrected chi connectivity index (χ2v) is 7.35. The number of anilines is 1. The SMILES string of the molecule is Cc1ccc(-c2cn3cccnc3n2)cc1NC(=O)c1ccccc1Oc1ccccc1. The van der Waals surface area contributed by atoms with Crippen LogP contribution in [0.3, 0.4) is 0 Å². The fourth-order valence-electron chi connectivity index (χ4n) is 3.43. The summed E-state index contributed by atoms with van der Waals surface area (Å²) < 4.78 is 7.81. The summed E-state index contributed by atoms with van der Waals surface area (Å²) in [5.41, 5.74) is 3.80. The van der Waals surface area contributed by atoms with Crippen molar-refractivity contribution in [3.05, 3.63) is 109 Å². The summed E-state index contributed by atoms with van der Waals surface area (Å²) in [5, 5.41) is 3.03. The average Bonchev–Trinajstić information content (AvgIpc) is 3.26. The van der Waals surface area contributed by atoms with Crippen LogP contribution in [0.1, 0.15) is 15.9 Å². The first kappa shape index (κ1) is 19.5. The van der Waals surface area contributed by atoms with Crippen molar-refractivity contribution in [2.45, 2.75) is 6.92 Å². The number of aryl methyl sites for hydroxylation is 1. The smallest absolute Gasteiger partial charge is 0.259 e. The highest BCUT2D eigenvalue weighted by Gasteiger charge is 2.15. The van der Waals surface area contributed by atoms with Crippen LogP contribution in [0, 0.1) is 6.92 Å². The van der Waals surface area contributed by atoms with E-state index < -0.39 is 0 Å². The van der Waals surface area contributed by atoms with Crippen molar-refractivity contribution < 1.29 is 9.53 Å². The van der Waals surface area contributed by atoms with E-state index in [4.69, 9.17) is 4.74 Å². The third-order valence-corrected chi connectivity index (χ3v) is 5.12. The Kier molecular flexibility index (Phi) is 5.09. The van der Waals surface area contributed by atoms with Gasteiger partial charge < -0.3 is 10.1 Å². The molecule has 0 atom stereocenters. The van der Waals surface area contributed by atoms with E-state index in [0.29, 0.717) is 28.5 Å². The number of hydrogen-bond acceptors (Lipinski definition) is 4. The number of amides is 1. The molecule has 0 bridgehead atoms. The summed E-state index contributed by atoms with van der Waals surface area (Å²) in [6, 6.07) is 24.3. The maximum absolute atomic E-state index is 13.1. The third-order valence-electron chi connectivity index (χ3n) is 5.12. The molecule has 0 unspecified atom stereocenters. The van der Waals surface area contributed by atoms with Crippen molar-refractivity contribution in [3.8, 4) is 22.8 Å². The summed E-state index contributed by atoms with van der Waals surface area (Å²) in [7, 11) is 0. The molecule has 6 nitrogen and oxygen atoms in total. The Bertz CT molecular complexity index is 1380. The lowest BCUT2D eigenvalue weighted by molar-refractivity contribution is 0.102. The highest BCUT2D eigenvalue weighted by molar-refractivity contribution is 6.06. The van der Waals surface area contributed by atoms with Crippen molar-refractivity contribution in [2.24, 2.45) is 0 Å². The standard InChI is InChI=1S/C26H20N4O2/c1-18-12-13-19(23-17-30-15-7-14-27-26(30)29-23)16-22(18)28-25(31)21-10-5-6-11-24(21)32-20-8-3-2-4-9-20/h2-17H,1H3,(H,28,31). The fraction of sp³-hybridized carbons (Fsp3) is 0.0385. The minimum absolute atomic E-state index is 0.242. The normalized spacial score (nSPS) is 10.8. The molecule has 32 heavy (non-hydrogen) atoms. The summed E-state index contributed by atoms with van der Waals surface area (Å²) in [5.74, 6) is 1.55. The first-order valence-electron chi connectivity index (χ1n) is 10.2. The van der Waals surface area contributed by atoms with Gasteiger partial charge >= 0.3 is 0 Å². The highest BCUT2D eigenvalue weighted by Crippen LogP contribution is 2.28. The molecule has 0 radical (unpaired) electrons. The molecule has 2 aromatic heterocycles. The van der Waals surface area contributed by atoms with Gasteiger partial charge in [-0.25, -0.2) is 9.97 Å². The second kappa shape index (κ2) is 8.35. The summed E-state index contributed by atoms with van der Waals surface area (Å²) in [6.45, 7) is 1.96. The maximum Gasteiger partial charge on any atom is 0.259 e. The number of rotatable bonds is 5. The molecule has 0 aliphatic heterocycles. The lowest BCUT2D eigenvalue weighted by Gasteiger charge is -2.13. The van der Waals surface area contributed by atoms with E-state index in [1.165, 1.54) is 0 Å². The largest absolute Gasteiger partial charge is 0.457 e. The summed E-state index contributed by atoms with van der Waals surface area (Å²) >= 11 is 0. The van der Waals surface area contributed by atoms with Crippen LogP contribution in [-0.4, -0.2) is 20.3 Å². The van der Waals surface area contributed by atoms with Gasteiger partial charge in [0.25, 0.3) is 5.91 Å². The molecule has 156 valence electrons. The van der Waals surface area contributed by atoms with Gasteiger partial charge in [-0.2, -0.15) is 0 Å². The van der Waals surface area contributed by atoms with Crippen LogP contribution in [0.2, 0.25) is 0 Å². The van der Waals surface area contributed by atoms with Crippen molar-refractivity contribution in [1.82, 2.24) is 14.4 Å². The molecule has 1 amide bonds. The van der Waals surface area contributed by atoms with E-state index in [1.54, 1.807) is 18.3 Å². The third kappa shape index (κ3) is 3.94. The Morgan fingerprint density at radius 3 is 2.62 bits per heavy atom. The Morgan fingerprint density at radius 1 is 0.969 bits per heavy atom. The number of para-hydroxylation sites is 2. The van der Waals surface area contributed by atoms with E-state index in [1.807, 2.05) is 90.4 Å². The molecule has 3 aromatic carbocycles. The Labute approximate surface area is 185 Å². The van der Waals surface area contributed by atoms with Crippen LogP contribution < -0.4 is 10.1 Å². The Morgan fingerprint density at radius 2 is 1.78 bits per heavy atom. The quantitative estimate of drug-likeness (QED) is 0.393. The minimum Gasteiger partial charge on any atom is -0.457 e. The van der Waals surface area contributed by atoms with Crippen molar-refractivity contribution >= 4 is 17.4 Å². The number of imidazole rings is 1. The van der Waals surface area contributed by atoms with Gasteiger partial charge in [0, 0.05) is 29.8 Å². The zero-order valence-corrected chi connectivity index (χ0v) is 17.4. The predicted octanol–water partition coefficient (Wildman–Crippen LogP) is 5.75. The number of carbonyl (C=O) groups excluding carboxylic acids is 1. The molecule has 6 heteroatoms. The molecule has 5 aromatic rings. The Hall–Kier alpha value is -4.45. The number of ether oxygens (including phenoxy) is 1. The minimum atomic E-state index is -0.242. The van der Waals surface area contributed by atoms with Gasteiger partial charge in [-0.05, 0) is 48.9 Å². The van der Waals surface area contributed by atoms with E-state index >= 15 is 0 Å². The molecule has 2 heterocycles. The second-order valence-electron chi connectivity index (χ2n) is 7.35. The first-order chi connectivity index (χ1) is 15.7. The monoisotopic (exact) mass is 420 g/mol. The Balaban J connectivity index is 1.43. The molecule has 0 aliphatic rings. The number of nitrogens with zero attached hydrogens (tertiary/aromatic N) is 3. The number of aromatic nitrogens is 3. The van der Waals surface area contributed by atoms with Crippen LogP contribution >= 0.6 is 0 Å². The van der Waals surface area contributed by atoms with Gasteiger partial charge in [-0.15, -0.1) is 0 Å². The average molecular weight is 420 g/mol. The molecule has 1 N–H and O–H groups in total. The van der Waals surface area contributed by atoms with Crippen LogP contribution in [0.4, 0.5) is 5.69 Å². The number of nitrogens with one attached hydrogen (secondary N) is 1. The molecular formula is C26H20N4O2. The zero-order valence-electron chi connectivity index (χ0n) is 17.4. The van der Waals surface area contributed by atoms with Gasteiger partial charge in [0.1, 0.15) is 11.5 Å². The molecular weight excluding hydrogens is 400 g/mol. The number of hydrogen-bond donors (Lipinski definition) is 1. The summed E-state index contributed by atoms with van der Waals surface area (Å²) in [6.07, 6.45) is 5.53. The van der Waals surface area contributed by atoms with Crippen LogP contribution in [0.15, 0.2) is 97.5 Å². The van der Waals surface area contributed by atoms with Crippen LogP contribution in [0.5, 0.6) is 11.5 Å². The highest BCUT2D eigenvalue weighted by atomic mass is 16.5. The van der Waals surface area contributed by atoms with E-state index in [2.05, 4.69) is 15.3 Å². The zero-order chi connectivity index (χ0) is 21.9. The number of carbonyl (C=O) groups is 1. The topological polar surface area (TPSA) is 68.5 Å². The lowest BCUT2D eigenvalue weighted by Crippen LogP contribution is -2.14. The number of benzene rings is 3. The van der Waals surface area contributed by atoms with Crippen molar-refractivity contribution in [3.63, 3.8) is 0 Å². The van der Waals surface area contributed by atoms with Crippen LogP contribution in [-0.2, 0) is 0 Å². The van der Waals surface area contributed by atoms with Crippen molar-refractivity contribution in [2.75, 3.05) is 5.32 Å². The van der Waals surface area contributed by atoms with Gasteiger partial charge in [-0.1, -0.05) is 42.5 Å². The van der Waals surface area contributed by atoms with Crippen LogP contribution in [0.25, 0.3) is 17.0 Å². The van der Waals surface area contributed by atoms with E-state index in [9.17, 15) is 4.79 Å². The fourth-order valence-corrected chi connectivity index (χ4v) is 3.43. The predicted molar refractivity (Wildman–Crippen MR) is 124 cm³/mol. The van der Waals surface area contributed by atoms with E-state index in [0.717, 1.165) is 16.8 Å². The van der Waals surface area contributed by atoms with E-state index in [-0.39, 0.29) is 5.91 Å². The molecule has 0 aliphatic carbocycles. The van der Waals surface area contributed by atoms with Gasteiger partial charge in [0.05, 0.1) is 11.3 Å². The summed E-state index contributed by atoms with van der Waals surface area (Å²) in [4.78, 5) is 22.0.